The molecule has 0 unspecified atom stereocenters. The summed E-state index contributed by atoms with van der Waals surface area (Å²) in [6.07, 6.45) is 4.49. The van der Waals surface area contributed by atoms with Gasteiger partial charge in [-0.25, -0.2) is 9.78 Å². The Kier molecular flexibility index (Phi) is 3.18. The second kappa shape index (κ2) is 4.64. The quantitative estimate of drug-likeness (QED) is 0.761. The lowest BCUT2D eigenvalue weighted by Gasteiger charge is -2.09. The Balaban J connectivity index is 2.41. The van der Waals surface area contributed by atoms with Gasteiger partial charge in [0.15, 0.2) is 0 Å². The van der Waals surface area contributed by atoms with E-state index in [2.05, 4.69) is 4.98 Å². The molecular weight excluding hydrogens is 232 g/mol. The zero-order chi connectivity index (χ0) is 13.3. The molecule has 6 heteroatoms. The number of aryl methyl sites for hydroxylation is 1. The Morgan fingerprint density at radius 1 is 1.22 bits per heavy atom. The molecule has 0 aliphatic heterocycles. The van der Waals surface area contributed by atoms with Crippen molar-refractivity contribution in [3.63, 3.8) is 0 Å². The first-order valence-electron chi connectivity index (χ1n) is 5.79. The molecule has 0 saturated heterocycles. The molecule has 18 heavy (non-hydrogen) atoms. The van der Waals surface area contributed by atoms with Crippen LogP contribution in [-0.2, 0) is 27.1 Å². The predicted octanol–water partition coefficient (Wildman–Crippen LogP) is -0.109. The molecule has 0 aromatic carbocycles. The van der Waals surface area contributed by atoms with Crippen LogP contribution in [0, 0.1) is 0 Å². The molecule has 0 spiro atoms. The van der Waals surface area contributed by atoms with E-state index in [1.165, 1.54) is 17.7 Å². The highest BCUT2D eigenvalue weighted by atomic mass is 16.2. The number of hydrogen-bond donors (Lipinski definition) is 0. The summed E-state index contributed by atoms with van der Waals surface area (Å²) in [5, 5.41) is 0. The summed E-state index contributed by atoms with van der Waals surface area (Å²) >= 11 is 0. The van der Waals surface area contributed by atoms with Crippen molar-refractivity contribution < 1.29 is 0 Å². The molecule has 0 saturated carbocycles. The predicted molar refractivity (Wildman–Crippen MR) is 67.6 cm³/mol. The molecular formula is C12H16N4O2. The van der Waals surface area contributed by atoms with Crippen molar-refractivity contribution in [2.75, 3.05) is 0 Å². The molecule has 2 heterocycles. The van der Waals surface area contributed by atoms with Gasteiger partial charge in [-0.1, -0.05) is 6.92 Å². The van der Waals surface area contributed by atoms with Gasteiger partial charge in [0.05, 0.1) is 18.6 Å². The Labute approximate surface area is 104 Å². The summed E-state index contributed by atoms with van der Waals surface area (Å²) in [4.78, 5) is 27.6. The molecule has 2 rings (SSSR count). The van der Waals surface area contributed by atoms with E-state index in [1.54, 1.807) is 13.4 Å². The van der Waals surface area contributed by atoms with E-state index in [1.807, 2.05) is 17.7 Å². The first-order valence-corrected chi connectivity index (χ1v) is 5.79. The number of imidazole rings is 1. The van der Waals surface area contributed by atoms with Gasteiger partial charge in [-0.05, 0) is 6.42 Å². The highest BCUT2D eigenvalue weighted by Crippen LogP contribution is 2.01. The smallest absolute Gasteiger partial charge is 0.330 e. The fourth-order valence-corrected chi connectivity index (χ4v) is 1.79. The van der Waals surface area contributed by atoms with Crippen molar-refractivity contribution in [3.8, 4) is 0 Å². The molecule has 0 aliphatic rings. The molecule has 2 aromatic heterocycles. The van der Waals surface area contributed by atoms with Crippen LogP contribution in [0.5, 0.6) is 0 Å². The molecule has 0 N–H and O–H groups in total. The second-order valence-electron chi connectivity index (χ2n) is 4.27. The van der Waals surface area contributed by atoms with Crippen LogP contribution >= 0.6 is 0 Å². The number of aromatic nitrogens is 4. The van der Waals surface area contributed by atoms with Gasteiger partial charge in [0, 0.05) is 32.1 Å². The standard InChI is InChI=1S/C12H16N4O2/c1-4-9-6-16(8-13-9)7-10-5-11(17)15(3)12(18)14(10)2/h5-6,8H,4,7H2,1-3H3. The third kappa shape index (κ3) is 2.13. The number of rotatable bonds is 3. The number of hydrogen-bond acceptors (Lipinski definition) is 3. The molecule has 96 valence electrons. The van der Waals surface area contributed by atoms with Crippen LogP contribution in [0.15, 0.2) is 28.2 Å². The Bertz CT molecular complexity index is 678. The van der Waals surface area contributed by atoms with Crippen LogP contribution in [0.3, 0.4) is 0 Å². The minimum Gasteiger partial charge on any atom is -0.331 e. The lowest BCUT2D eigenvalue weighted by Crippen LogP contribution is -2.38. The first kappa shape index (κ1) is 12.3. The highest BCUT2D eigenvalue weighted by molar-refractivity contribution is 5.05. The van der Waals surface area contributed by atoms with Crippen molar-refractivity contribution in [2.45, 2.75) is 19.9 Å². The SMILES string of the molecule is CCc1cn(Cc2cc(=O)n(C)c(=O)n2C)cn1. The van der Waals surface area contributed by atoms with E-state index in [9.17, 15) is 9.59 Å². The maximum atomic E-state index is 11.8. The van der Waals surface area contributed by atoms with E-state index in [0.29, 0.717) is 12.2 Å². The average molecular weight is 248 g/mol. The lowest BCUT2D eigenvalue weighted by atomic mass is 10.3. The summed E-state index contributed by atoms with van der Waals surface area (Å²) in [5.74, 6) is 0. The highest BCUT2D eigenvalue weighted by Gasteiger charge is 2.06. The Morgan fingerprint density at radius 2 is 1.94 bits per heavy atom. The third-order valence-electron chi connectivity index (χ3n) is 3.02. The molecule has 0 aliphatic carbocycles. The summed E-state index contributed by atoms with van der Waals surface area (Å²) < 4.78 is 4.44. The normalized spacial score (nSPS) is 10.8. The van der Waals surface area contributed by atoms with E-state index < -0.39 is 0 Å². The van der Waals surface area contributed by atoms with Crippen LogP contribution in [0.2, 0.25) is 0 Å². The summed E-state index contributed by atoms with van der Waals surface area (Å²) in [6.45, 7) is 2.50. The summed E-state index contributed by atoms with van der Waals surface area (Å²) in [5.41, 5.74) is 1.06. The van der Waals surface area contributed by atoms with Crippen molar-refractivity contribution in [1.82, 2.24) is 18.7 Å². The topological polar surface area (TPSA) is 61.8 Å². The fraction of sp³-hybridized carbons (Fsp3) is 0.417. The summed E-state index contributed by atoms with van der Waals surface area (Å²) in [6, 6.07) is 1.48. The maximum absolute atomic E-state index is 11.8. The molecule has 0 fully saturated rings. The fourth-order valence-electron chi connectivity index (χ4n) is 1.79. The monoisotopic (exact) mass is 248 g/mol. The van der Waals surface area contributed by atoms with Gasteiger partial charge in [0.25, 0.3) is 5.56 Å². The van der Waals surface area contributed by atoms with E-state index >= 15 is 0 Å². The van der Waals surface area contributed by atoms with Crippen LogP contribution in [0.4, 0.5) is 0 Å². The molecule has 0 atom stereocenters. The van der Waals surface area contributed by atoms with Crippen LogP contribution in [0.1, 0.15) is 18.3 Å². The molecule has 0 bridgehead atoms. The van der Waals surface area contributed by atoms with Crippen LogP contribution in [0.25, 0.3) is 0 Å². The zero-order valence-corrected chi connectivity index (χ0v) is 10.8. The van der Waals surface area contributed by atoms with E-state index in [-0.39, 0.29) is 11.2 Å². The van der Waals surface area contributed by atoms with Gasteiger partial charge < -0.3 is 4.57 Å². The van der Waals surface area contributed by atoms with Gasteiger partial charge in [0.2, 0.25) is 0 Å². The van der Waals surface area contributed by atoms with Crippen LogP contribution < -0.4 is 11.2 Å². The van der Waals surface area contributed by atoms with Gasteiger partial charge >= 0.3 is 5.69 Å². The van der Waals surface area contributed by atoms with Gasteiger partial charge in [0.1, 0.15) is 0 Å². The van der Waals surface area contributed by atoms with Gasteiger partial charge in [-0.3, -0.25) is 13.9 Å². The molecule has 0 radical (unpaired) electrons. The largest absolute Gasteiger partial charge is 0.331 e. The Hall–Kier alpha value is -2.11. The molecule has 2 aromatic rings. The average Bonchev–Trinajstić information content (AvgIpc) is 2.81. The van der Waals surface area contributed by atoms with E-state index in [4.69, 9.17) is 0 Å². The van der Waals surface area contributed by atoms with Crippen LogP contribution in [-0.4, -0.2) is 18.7 Å². The van der Waals surface area contributed by atoms with E-state index in [0.717, 1.165) is 16.7 Å². The van der Waals surface area contributed by atoms with Crippen molar-refractivity contribution in [2.24, 2.45) is 14.1 Å². The summed E-state index contributed by atoms with van der Waals surface area (Å²) in [7, 11) is 3.13. The maximum Gasteiger partial charge on any atom is 0.330 e. The van der Waals surface area contributed by atoms with Crippen molar-refractivity contribution in [1.29, 1.82) is 0 Å². The minimum absolute atomic E-state index is 0.288. The van der Waals surface area contributed by atoms with Crippen molar-refractivity contribution >= 4 is 0 Å². The molecule has 0 amide bonds. The second-order valence-corrected chi connectivity index (χ2v) is 4.27. The van der Waals surface area contributed by atoms with Gasteiger partial charge in [-0.15, -0.1) is 0 Å². The van der Waals surface area contributed by atoms with Gasteiger partial charge in [-0.2, -0.15) is 0 Å². The first-order chi connectivity index (χ1) is 8.52. The molecule has 6 nitrogen and oxygen atoms in total. The number of nitrogens with zero attached hydrogens (tertiary/aromatic N) is 4. The Morgan fingerprint density at radius 3 is 2.56 bits per heavy atom. The minimum atomic E-state index is -0.312. The zero-order valence-electron chi connectivity index (χ0n) is 10.8. The third-order valence-corrected chi connectivity index (χ3v) is 3.02. The lowest BCUT2D eigenvalue weighted by molar-refractivity contribution is 0.624. The van der Waals surface area contributed by atoms with Crippen molar-refractivity contribution in [3.05, 3.63) is 50.8 Å².